The van der Waals surface area contributed by atoms with Gasteiger partial charge in [0.25, 0.3) is 0 Å². The van der Waals surface area contributed by atoms with Crippen LogP contribution in [0.5, 0.6) is 0 Å². The van der Waals surface area contributed by atoms with E-state index >= 15 is 0 Å². The lowest BCUT2D eigenvalue weighted by molar-refractivity contribution is 0.101. The lowest BCUT2D eigenvalue weighted by atomic mass is 10.1. The number of carbonyl (C=O) groups excluding carboxylic acids is 1. The molecule has 2 aromatic heterocycles. The van der Waals surface area contributed by atoms with Crippen LogP contribution in [0.2, 0.25) is 0 Å². The molecule has 0 spiro atoms. The van der Waals surface area contributed by atoms with Crippen molar-refractivity contribution < 1.29 is 13.9 Å². The maximum atomic E-state index is 12.5. The fourth-order valence-corrected chi connectivity index (χ4v) is 3.37. The fraction of sp³-hybridized carbons (Fsp3) is 0.381. The van der Waals surface area contributed by atoms with E-state index in [0.29, 0.717) is 35.5 Å². The van der Waals surface area contributed by atoms with Gasteiger partial charge in [-0.15, -0.1) is 0 Å². The zero-order valence-electron chi connectivity index (χ0n) is 15.9. The number of benzene rings is 1. The Bertz CT molecular complexity index is 916. The number of nitrogens with zero attached hydrogens (tertiary/aromatic N) is 3. The number of carbonyl (C=O) groups is 1. The normalized spacial score (nSPS) is 16.4. The van der Waals surface area contributed by atoms with Crippen LogP contribution in [0.4, 0.5) is 10.5 Å². The number of anilines is 1. The lowest BCUT2D eigenvalue weighted by Crippen LogP contribution is -2.32. The predicted molar refractivity (Wildman–Crippen MR) is 107 cm³/mol. The van der Waals surface area contributed by atoms with Crippen LogP contribution >= 0.6 is 0 Å². The summed E-state index contributed by atoms with van der Waals surface area (Å²) in [7, 11) is 1.81. The van der Waals surface area contributed by atoms with Gasteiger partial charge in [-0.1, -0.05) is 6.07 Å². The van der Waals surface area contributed by atoms with Gasteiger partial charge >= 0.3 is 6.03 Å². The van der Waals surface area contributed by atoms with Crippen LogP contribution in [0, 0.1) is 0 Å². The number of hydrogen-bond donors (Lipinski definition) is 1. The second-order valence-electron chi connectivity index (χ2n) is 7.05. The monoisotopic (exact) mass is 380 g/mol. The predicted octanol–water partition coefficient (Wildman–Crippen LogP) is 4.31. The summed E-state index contributed by atoms with van der Waals surface area (Å²) in [5.41, 5.74) is 2.69. The first kappa shape index (κ1) is 18.4. The van der Waals surface area contributed by atoms with Gasteiger partial charge in [0.1, 0.15) is 0 Å². The van der Waals surface area contributed by atoms with Gasteiger partial charge in [-0.05, 0) is 56.0 Å². The number of urea groups is 1. The number of oxazole rings is 1. The summed E-state index contributed by atoms with van der Waals surface area (Å²) in [5, 5.41) is 2.93. The number of aromatic nitrogens is 2. The molecule has 28 heavy (non-hydrogen) atoms. The Balaban J connectivity index is 1.36. The Morgan fingerprint density at radius 2 is 2.25 bits per heavy atom. The maximum Gasteiger partial charge on any atom is 0.321 e. The minimum absolute atomic E-state index is 0.135. The van der Waals surface area contributed by atoms with Gasteiger partial charge in [0, 0.05) is 37.6 Å². The molecule has 146 valence electrons. The molecule has 1 saturated heterocycles. The van der Waals surface area contributed by atoms with Gasteiger partial charge in [-0.3, -0.25) is 0 Å². The van der Waals surface area contributed by atoms with E-state index in [1.807, 2.05) is 36.4 Å². The average molecular weight is 380 g/mol. The smallest absolute Gasteiger partial charge is 0.321 e. The molecule has 1 aliphatic rings. The summed E-state index contributed by atoms with van der Waals surface area (Å²) in [5.74, 6) is 0.481. The Hall–Kier alpha value is -2.93. The summed E-state index contributed by atoms with van der Waals surface area (Å²) >= 11 is 0. The molecule has 1 N–H and O–H groups in total. The highest BCUT2D eigenvalue weighted by Crippen LogP contribution is 2.25. The molecule has 0 saturated carbocycles. The van der Waals surface area contributed by atoms with Crippen LogP contribution in [0.15, 0.2) is 47.0 Å². The standard InChI is InChI=1S/C21H24N4O3/c1-25(12-4-8-17-9-5-13-27-17)21(26)23-16-7-2-6-15(14-16)20-24-19-18(28-20)10-3-11-22-19/h2-3,6-7,10-11,14,17H,4-5,8-9,12-13H2,1H3,(H,23,26)/t17-/m0/s1. The molecule has 3 heterocycles. The third-order valence-electron chi connectivity index (χ3n) is 4.92. The molecule has 3 aromatic rings. The molecule has 4 rings (SSSR count). The minimum atomic E-state index is -0.135. The van der Waals surface area contributed by atoms with E-state index in [4.69, 9.17) is 9.15 Å². The van der Waals surface area contributed by atoms with E-state index in [2.05, 4.69) is 15.3 Å². The molecule has 0 radical (unpaired) electrons. The molecule has 1 fully saturated rings. The highest BCUT2D eigenvalue weighted by Gasteiger charge is 2.16. The third kappa shape index (κ3) is 4.31. The maximum absolute atomic E-state index is 12.5. The summed E-state index contributed by atoms with van der Waals surface area (Å²) in [6.45, 7) is 1.57. The van der Waals surface area contributed by atoms with E-state index in [1.54, 1.807) is 18.1 Å². The van der Waals surface area contributed by atoms with Crippen molar-refractivity contribution in [2.45, 2.75) is 31.8 Å². The van der Waals surface area contributed by atoms with Gasteiger partial charge in [0.15, 0.2) is 11.2 Å². The molecule has 1 atom stereocenters. The highest BCUT2D eigenvalue weighted by molar-refractivity contribution is 5.90. The highest BCUT2D eigenvalue weighted by atomic mass is 16.5. The second kappa shape index (κ2) is 8.39. The molecule has 7 heteroatoms. The van der Waals surface area contributed by atoms with Crippen molar-refractivity contribution in [1.29, 1.82) is 0 Å². The zero-order chi connectivity index (χ0) is 19.3. The lowest BCUT2D eigenvalue weighted by Gasteiger charge is -2.19. The average Bonchev–Trinajstić information content (AvgIpc) is 3.37. The minimum Gasteiger partial charge on any atom is -0.434 e. The van der Waals surface area contributed by atoms with E-state index in [1.165, 1.54) is 0 Å². The number of hydrogen-bond acceptors (Lipinski definition) is 5. The van der Waals surface area contributed by atoms with E-state index in [9.17, 15) is 4.79 Å². The van der Waals surface area contributed by atoms with Gasteiger partial charge in [0.05, 0.1) is 6.10 Å². The molecule has 1 aliphatic heterocycles. The van der Waals surface area contributed by atoms with E-state index in [0.717, 1.165) is 37.9 Å². The van der Waals surface area contributed by atoms with Crippen molar-refractivity contribution in [1.82, 2.24) is 14.9 Å². The number of pyridine rings is 1. The Labute approximate surface area is 163 Å². The van der Waals surface area contributed by atoms with Crippen molar-refractivity contribution in [2.24, 2.45) is 0 Å². The molecule has 1 aromatic carbocycles. The summed E-state index contributed by atoms with van der Waals surface area (Å²) in [4.78, 5) is 22.8. The first-order valence-corrected chi connectivity index (χ1v) is 9.65. The molecular weight excluding hydrogens is 356 g/mol. The zero-order valence-corrected chi connectivity index (χ0v) is 15.9. The quantitative estimate of drug-likeness (QED) is 0.689. The SMILES string of the molecule is CN(CCC[C@H]1CCCO1)C(=O)Nc1cccc(-c2nc3ncccc3o2)c1. The summed E-state index contributed by atoms with van der Waals surface area (Å²) in [6, 6.07) is 11.0. The number of fused-ring (bicyclic) bond motifs is 1. The molecular formula is C21H24N4O3. The van der Waals surface area contributed by atoms with Crippen LogP contribution in [0.25, 0.3) is 22.7 Å². The van der Waals surface area contributed by atoms with E-state index in [-0.39, 0.29) is 6.03 Å². The molecule has 0 bridgehead atoms. The number of amides is 2. The van der Waals surface area contributed by atoms with Crippen molar-refractivity contribution >= 4 is 22.9 Å². The topological polar surface area (TPSA) is 80.5 Å². The van der Waals surface area contributed by atoms with Crippen LogP contribution in [0.3, 0.4) is 0 Å². The van der Waals surface area contributed by atoms with E-state index < -0.39 is 0 Å². The van der Waals surface area contributed by atoms with Crippen LogP contribution in [-0.4, -0.2) is 47.2 Å². The van der Waals surface area contributed by atoms with Gasteiger partial charge in [-0.2, -0.15) is 4.98 Å². The fourth-order valence-electron chi connectivity index (χ4n) is 3.37. The molecule has 0 aliphatic carbocycles. The summed E-state index contributed by atoms with van der Waals surface area (Å²) in [6.07, 6.45) is 6.25. The van der Waals surface area contributed by atoms with Crippen molar-refractivity contribution in [3.8, 4) is 11.5 Å². The van der Waals surface area contributed by atoms with Gasteiger partial charge < -0.3 is 19.4 Å². The first-order valence-electron chi connectivity index (χ1n) is 9.65. The van der Waals surface area contributed by atoms with Crippen molar-refractivity contribution in [2.75, 3.05) is 25.5 Å². The Morgan fingerprint density at radius 3 is 3.07 bits per heavy atom. The number of ether oxygens (including phenoxy) is 1. The van der Waals surface area contributed by atoms with Crippen LogP contribution in [-0.2, 0) is 4.74 Å². The van der Waals surface area contributed by atoms with Crippen molar-refractivity contribution in [3.63, 3.8) is 0 Å². The molecule has 7 nitrogen and oxygen atoms in total. The Kier molecular flexibility index (Phi) is 5.53. The molecule has 2 amide bonds. The first-order chi connectivity index (χ1) is 13.7. The van der Waals surface area contributed by atoms with Crippen molar-refractivity contribution in [3.05, 3.63) is 42.6 Å². The Morgan fingerprint density at radius 1 is 1.32 bits per heavy atom. The van der Waals surface area contributed by atoms with Crippen LogP contribution in [0.1, 0.15) is 25.7 Å². The largest absolute Gasteiger partial charge is 0.434 e. The number of rotatable bonds is 6. The van der Waals surface area contributed by atoms with Crippen LogP contribution < -0.4 is 5.32 Å². The third-order valence-corrected chi connectivity index (χ3v) is 4.92. The molecule has 0 unspecified atom stereocenters. The second-order valence-corrected chi connectivity index (χ2v) is 7.05. The van der Waals surface area contributed by atoms with Gasteiger partial charge in [-0.25, -0.2) is 9.78 Å². The van der Waals surface area contributed by atoms with Gasteiger partial charge in [0.2, 0.25) is 5.89 Å². The number of nitrogens with one attached hydrogen (secondary N) is 1. The summed E-state index contributed by atoms with van der Waals surface area (Å²) < 4.78 is 11.4.